The van der Waals surface area contributed by atoms with E-state index in [0.717, 1.165) is 12.8 Å². The Balaban J connectivity index is 1.99. The van der Waals surface area contributed by atoms with Crippen LogP contribution in [-0.4, -0.2) is 46.5 Å². The molecule has 0 saturated carbocycles. The maximum absolute atomic E-state index is 12.4. The lowest BCUT2D eigenvalue weighted by atomic mass is 9.97. The second-order valence-corrected chi connectivity index (χ2v) is 5.36. The van der Waals surface area contributed by atoms with Crippen LogP contribution in [0.25, 0.3) is 0 Å². The third-order valence-electron chi connectivity index (χ3n) is 3.74. The number of nitrogens with zero attached hydrogens (tertiary/aromatic N) is 2. The summed E-state index contributed by atoms with van der Waals surface area (Å²) in [6.45, 7) is 3.31. The Morgan fingerprint density at radius 2 is 2.14 bits per heavy atom. The average Bonchev–Trinajstić information content (AvgIpc) is 2.52. The fraction of sp³-hybridized carbons (Fsp3) is 0.533. The summed E-state index contributed by atoms with van der Waals surface area (Å²) in [7, 11) is 0. The monoisotopic (exact) mass is 291 g/mol. The summed E-state index contributed by atoms with van der Waals surface area (Å²) < 4.78 is 0. The Kier molecular flexibility index (Phi) is 5.27. The first-order valence-electron chi connectivity index (χ1n) is 7.19. The Bertz CT molecular complexity index is 511. The van der Waals surface area contributed by atoms with Crippen LogP contribution in [0, 0.1) is 5.92 Å². The van der Waals surface area contributed by atoms with Crippen molar-refractivity contribution in [3.63, 3.8) is 0 Å². The lowest BCUT2D eigenvalue weighted by Crippen LogP contribution is -2.39. The number of hydrogen-bond acceptors (Lipinski definition) is 4. The topological polar surface area (TPSA) is 82.5 Å². The highest BCUT2D eigenvalue weighted by atomic mass is 16.3. The molecule has 1 aliphatic heterocycles. The van der Waals surface area contributed by atoms with Gasteiger partial charge in [0.2, 0.25) is 5.91 Å². The summed E-state index contributed by atoms with van der Waals surface area (Å²) >= 11 is 0. The molecule has 0 aliphatic carbocycles. The largest absolute Gasteiger partial charge is 0.396 e. The van der Waals surface area contributed by atoms with Gasteiger partial charge in [-0.05, 0) is 30.9 Å². The quantitative estimate of drug-likeness (QED) is 0.849. The van der Waals surface area contributed by atoms with E-state index >= 15 is 0 Å². The molecule has 1 aromatic heterocycles. The molecule has 1 aliphatic rings. The minimum atomic E-state index is -0.125. The van der Waals surface area contributed by atoms with Crippen LogP contribution >= 0.6 is 0 Å². The van der Waals surface area contributed by atoms with Crippen molar-refractivity contribution in [3.8, 4) is 0 Å². The summed E-state index contributed by atoms with van der Waals surface area (Å²) in [5, 5.41) is 11.8. The lowest BCUT2D eigenvalue weighted by Gasteiger charge is -2.31. The van der Waals surface area contributed by atoms with Crippen LogP contribution in [0.1, 0.15) is 35.8 Å². The number of aliphatic hydroxyl groups is 1. The van der Waals surface area contributed by atoms with Gasteiger partial charge in [-0.1, -0.05) is 0 Å². The van der Waals surface area contributed by atoms with Crippen molar-refractivity contribution in [2.24, 2.45) is 5.92 Å². The van der Waals surface area contributed by atoms with Crippen molar-refractivity contribution in [1.29, 1.82) is 0 Å². The summed E-state index contributed by atoms with van der Waals surface area (Å²) in [6.07, 6.45) is 3.27. The Hall–Kier alpha value is -1.95. The number of pyridine rings is 1. The van der Waals surface area contributed by atoms with E-state index in [2.05, 4.69) is 10.3 Å². The van der Waals surface area contributed by atoms with Crippen molar-refractivity contribution < 1.29 is 14.7 Å². The van der Waals surface area contributed by atoms with Gasteiger partial charge in [0.25, 0.3) is 5.91 Å². The zero-order chi connectivity index (χ0) is 15.2. The number of carbonyl (C=O) groups excluding carboxylic acids is 2. The van der Waals surface area contributed by atoms with Crippen LogP contribution in [0.15, 0.2) is 18.3 Å². The molecule has 1 saturated heterocycles. The molecule has 0 aromatic carbocycles. The van der Waals surface area contributed by atoms with E-state index in [1.165, 1.54) is 6.92 Å². The number of carbonyl (C=O) groups is 2. The molecule has 0 bridgehead atoms. The second-order valence-electron chi connectivity index (χ2n) is 5.36. The molecule has 0 spiro atoms. The standard InChI is InChI=1S/C15H21N3O3/c1-11(20)17-9-14-8-13(2-5-16-14)15(21)18-6-3-12(10-19)4-7-18/h2,5,8,12,19H,3-4,6-7,9-10H2,1H3,(H,17,20). The molecule has 2 amide bonds. The minimum absolute atomic E-state index is 0.0159. The number of nitrogens with one attached hydrogen (secondary N) is 1. The highest BCUT2D eigenvalue weighted by molar-refractivity contribution is 5.94. The molecule has 0 unspecified atom stereocenters. The molecule has 6 heteroatoms. The van der Waals surface area contributed by atoms with Crippen LogP contribution in [0.5, 0.6) is 0 Å². The summed E-state index contributed by atoms with van der Waals surface area (Å²) in [5.41, 5.74) is 1.26. The van der Waals surface area contributed by atoms with Crippen molar-refractivity contribution in [3.05, 3.63) is 29.6 Å². The van der Waals surface area contributed by atoms with Gasteiger partial charge < -0.3 is 15.3 Å². The fourth-order valence-electron chi connectivity index (χ4n) is 2.42. The van der Waals surface area contributed by atoms with E-state index < -0.39 is 0 Å². The normalized spacial score (nSPS) is 15.8. The summed E-state index contributed by atoms with van der Waals surface area (Å²) in [6, 6.07) is 3.41. The van der Waals surface area contributed by atoms with E-state index in [1.54, 1.807) is 18.3 Å². The zero-order valence-electron chi connectivity index (χ0n) is 12.2. The molecule has 2 rings (SSSR count). The maximum atomic E-state index is 12.4. The van der Waals surface area contributed by atoms with Gasteiger partial charge >= 0.3 is 0 Å². The number of rotatable bonds is 4. The fourth-order valence-corrected chi connectivity index (χ4v) is 2.42. The Morgan fingerprint density at radius 3 is 2.76 bits per heavy atom. The van der Waals surface area contributed by atoms with Crippen LogP contribution < -0.4 is 5.32 Å². The molecular formula is C15H21N3O3. The first kappa shape index (κ1) is 15.4. The van der Waals surface area contributed by atoms with E-state index in [9.17, 15) is 9.59 Å². The van der Waals surface area contributed by atoms with Crippen LogP contribution in [0.3, 0.4) is 0 Å². The predicted molar refractivity (Wildman–Crippen MR) is 77.5 cm³/mol. The average molecular weight is 291 g/mol. The van der Waals surface area contributed by atoms with Crippen molar-refractivity contribution in [1.82, 2.24) is 15.2 Å². The molecule has 1 fully saturated rings. The van der Waals surface area contributed by atoms with Crippen LogP contribution in [0.2, 0.25) is 0 Å². The summed E-state index contributed by atoms with van der Waals surface area (Å²) in [5.74, 6) is 0.166. The molecule has 2 N–H and O–H groups in total. The first-order valence-corrected chi connectivity index (χ1v) is 7.19. The molecule has 21 heavy (non-hydrogen) atoms. The molecule has 6 nitrogen and oxygen atoms in total. The van der Waals surface area contributed by atoms with E-state index in [0.29, 0.717) is 36.8 Å². The number of likely N-dealkylation sites (tertiary alicyclic amines) is 1. The van der Waals surface area contributed by atoms with Gasteiger partial charge in [0.1, 0.15) is 0 Å². The number of piperidine rings is 1. The van der Waals surface area contributed by atoms with Gasteiger partial charge in [-0.2, -0.15) is 0 Å². The lowest BCUT2D eigenvalue weighted by molar-refractivity contribution is -0.119. The zero-order valence-corrected chi connectivity index (χ0v) is 12.2. The van der Waals surface area contributed by atoms with Gasteiger partial charge in [0.15, 0.2) is 0 Å². The smallest absolute Gasteiger partial charge is 0.253 e. The highest BCUT2D eigenvalue weighted by Crippen LogP contribution is 2.18. The van der Waals surface area contributed by atoms with E-state index in [1.807, 2.05) is 4.90 Å². The highest BCUT2D eigenvalue weighted by Gasteiger charge is 2.23. The van der Waals surface area contributed by atoms with Gasteiger partial charge in [-0.15, -0.1) is 0 Å². The van der Waals surface area contributed by atoms with Crippen LogP contribution in [-0.2, 0) is 11.3 Å². The van der Waals surface area contributed by atoms with Gasteiger partial charge in [-0.3, -0.25) is 14.6 Å². The minimum Gasteiger partial charge on any atom is -0.396 e. The molecule has 0 atom stereocenters. The molecule has 2 heterocycles. The summed E-state index contributed by atoms with van der Waals surface area (Å²) in [4.78, 5) is 29.3. The number of aromatic nitrogens is 1. The number of aliphatic hydroxyl groups excluding tert-OH is 1. The number of amides is 2. The molecular weight excluding hydrogens is 270 g/mol. The maximum Gasteiger partial charge on any atom is 0.253 e. The van der Waals surface area contributed by atoms with Crippen molar-refractivity contribution in [2.45, 2.75) is 26.3 Å². The predicted octanol–water partition coefficient (Wildman–Crippen LogP) is 0.562. The first-order chi connectivity index (χ1) is 10.1. The molecule has 0 radical (unpaired) electrons. The SMILES string of the molecule is CC(=O)NCc1cc(C(=O)N2CCC(CO)CC2)ccn1. The third kappa shape index (κ3) is 4.26. The molecule has 1 aromatic rings. The Morgan fingerprint density at radius 1 is 1.43 bits per heavy atom. The van der Waals surface area contributed by atoms with Gasteiger partial charge in [-0.25, -0.2) is 0 Å². The van der Waals surface area contributed by atoms with Gasteiger partial charge in [0, 0.05) is 38.4 Å². The molecule has 114 valence electrons. The van der Waals surface area contributed by atoms with Crippen LogP contribution in [0.4, 0.5) is 0 Å². The van der Waals surface area contributed by atoms with E-state index in [-0.39, 0.29) is 18.4 Å². The third-order valence-corrected chi connectivity index (χ3v) is 3.74. The van der Waals surface area contributed by atoms with E-state index in [4.69, 9.17) is 5.11 Å². The number of hydrogen-bond donors (Lipinski definition) is 2. The van der Waals surface area contributed by atoms with Crippen molar-refractivity contribution >= 4 is 11.8 Å². The van der Waals surface area contributed by atoms with Gasteiger partial charge in [0.05, 0.1) is 12.2 Å². The Labute approximate surface area is 124 Å². The van der Waals surface area contributed by atoms with Crippen molar-refractivity contribution in [2.75, 3.05) is 19.7 Å². The second kappa shape index (κ2) is 7.17.